The van der Waals surface area contributed by atoms with Crippen molar-refractivity contribution in [2.45, 2.75) is 50.2 Å². The van der Waals surface area contributed by atoms with Crippen LogP contribution >= 0.6 is 0 Å². The zero-order chi connectivity index (χ0) is 31.8. The molecule has 1 aliphatic carbocycles. The summed E-state index contributed by atoms with van der Waals surface area (Å²) in [6.45, 7) is 0.743. The molecule has 47 heavy (non-hydrogen) atoms. The van der Waals surface area contributed by atoms with E-state index in [0.29, 0.717) is 13.2 Å². The molecule has 1 saturated heterocycles. The molecule has 3 atom stereocenters. The van der Waals surface area contributed by atoms with Crippen LogP contribution in [0.4, 0.5) is 0 Å². The first-order valence-corrected chi connectivity index (χ1v) is 15.9. The molecule has 2 aromatic heterocycles. The fourth-order valence-electron chi connectivity index (χ4n) is 6.88. The summed E-state index contributed by atoms with van der Waals surface area (Å²) in [5, 5.41) is 13.3. The summed E-state index contributed by atoms with van der Waals surface area (Å²) in [6.07, 6.45) is 1.54. The molecule has 2 aliphatic rings. The Bertz CT molecular complexity index is 1940. The fourth-order valence-corrected chi connectivity index (χ4v) is 6.88. The average Bonchev–Trinajstić information content (AvgIpc) is 3.81. The molecule has 3 heterocycles. The van der Waals surface area contributed by atoms with Gasteiger partial charge in [-0.15, -0.1) is 5.06 Å². The van der Waals surface area contributed by atoms with Crippen LogP contribution in [0.3, 0.4) is 0 Å². The lowest BCUT2D eigenvalue weighted by Gasteiger charge is -2.31. The van der Waals surface area contributed by atoms with Gasteiger partial charge in [0.25, 0.3) is 6.23 Å². The monoisotopic (exact) mass is 623 g/mol. The number of rotatable bonds is 10. The fraction of sp³-hybridized carbons (Fsp3) is 0.205. The largest absolute Gasteiger partial charge is 0.487 e. The molecule has 0 spiro atoms. The van der Waals surface area contributed by atoms with E-state index in [9.17, 15) is 9.90 Å². The summed E-state index contributed by atoms with van der Waals surface area (Å²) >= 11 is 0. The van der Waals surface area contributed by atoms with Crippen molar-refractivity contribution in [2.24, 2.45) is 0 Å². The third-order valence-corrected chi connectivity index (χ3v) is 9.37. The maximum atomic E-state index is 11.6. The summed E-state index contributed by atoms with van der Waals surface area (Å²) in [4.78, 5) is 26.5. The summed E-state index contributed by atoms with van der Waals surface area (Å²) in [5.74, 6) is 0.576. The molecule has 3 unspecified atom stereocenters. The molecule has 234 valence electrons. The number of carboxylic acids is 1. The molecule has 1 N–H and O–H groups in total. The maximum Gasteiger partial charge on any atom is 0.352 e. The number of hydrogen-bond acceptors (Lipinski definition) is 7. The average molecular weight is 624 g/mol. The van der Waals surface area contributed by atoms with Gasteiger partial charge >= 0.3 is 5.97 Å². The van der Waals surface area contributed by atoms with Crippen LogP contribution in [0, 0.1) is 0 Å². The van der Waals surface area contributed by atoms with Gasteiger partial charge in [-0.1, -0.05) is 72.8 Å². The number of fused-ring (bicyclic) bond motifs is 2. The van der Waals surface area contributed by atoms with Gasteiger partial charge < -0.3 is 14.6 Å². The van der Waals surface area contributed by atoms with Crippen molar-refractivity contribution in [3.63, 3.8) is 0 Å². The minimum Gasteiger partial charge on any atom is -0.487 e. The maximum absolute atomic E-state index is 11.6. The second-order valence-corrected chi connectivity index (χ2v) is 12.3. The summed E-state index contributed by atoms with van der Waals surface area (Å²) < 4.78 is 12.3. The van der Waals surface area contributed by atoms with Crippen molar-refractivity contribution >= 4 is 27.8 Å². The van der Waals surface area contributed by atoms with E-state index in [1.54, 1.807) is 5.06 Å². The van der Waals surface area contributed by atoms with Crippen LogP contribution in [0.2, 0.25) is 0 Å². The Morgan fingerprint density at radius 3 is 1.72 bits per heavy atom. The number of para-hydroxylation sites is 2. The van der Waals surface area contributed by atoms with Crippen molar-refractivity contribution in [3.8, 4) is 11.5 Å². The van der Waals surface area contributed by atoms with Gasteiger partial charge in [-0.3, -0.25) is 4.84 Å². The van der Waals surface area contributed by atoms with E-state index < -0.39 is 12.2 Å². The minimum absolute atomic E-state index is 0.000842. The highest BCUT2D eigenvalue weighted by Crippen LogP contribution is 2.50. The number of pyridine rings is 2. The number of carbonyl (C=O) groups is 1. The second kappa shape index (κ2) is 12.1. The van der Waals surface area contributed by atoms with Crippen LogP contribution in [0.15, 0.2) is 121 Å². The Hall–Kier alpha value is -5.31. The normalized spacial score (nSPS) is 19.9. The van der Waals surface area contributed by atoms with E-state index in [-0.39, 0.29) is 11.5 Å². The molecule has 0 bridgehead atoms. The Morgan fingerprint density at radius 2 is 1.23 bits per heavy atom. The lowest BCUT2D eigenvalue weighted by molar-refractivity contribution is -0.138. The van der Waals surface area contributed by atoms with Gasteiger partial charge in [0.15, 0.2) is 0 Å². The van der Waals surface area contributed by atoms with Gasteiger partial charge in [0.05, 0.1) is 22.4 Å². The van der Waals surface area contributed by atoms with Crippen molar-refractivity contribution in [1.82, 2.24) is 15.0 Å². The van der Waals surface area contributed by atoms with Gasteiger partial charge in [-0.25, -0.2) is 14.8 Å². The zero-order valence-electron chi connectivity index (χ0n) is 25.7. The Morgan fingerprint density at radius 1 is 0.723 bits per heavy atom. The molecule has 0 radical (unpaired) electrons. The van der Waals surface area contributed by atoms with E-state index in [0.717, 1.165) is 75.1 Å². The summed E-state index contributed by atoms with van der Waals surface area (Å²) in [5.41, 5.74) is 5.61. The molecule has 2 fully saturated rings. The van der Waals surface area contributed by atoms with Crippen LogP contribution in [0.5, 0.6) is 11.5 Å². The highest BCUT2D eigenvalue weighted by Gasteiger charge is 2.54. The van der Waals surface area contributed by atoms with E-state index >= 15 is 0 Å². The highest BCUT2D eigenvalue weighted by molar-refractivity contribution is 5.79. The predicted molar refractivity (Wildman–Crippen MR) is 178 cm³/mol. The van der Waals surface area contributed by atoms with Gasteiger partial charge in [0, 0.05) is 22.2 Å². The number of ether oxygens (including phenoxy) is 2. The third kappa shape index (κ3) is 5.89. The van der Waals surface area contributed by atoms with Gasteiger partial charge in [0.2, 0.25) is 0 Å². The lowest BCUT2D eigenvalue weighted by atomic mass is 9.73. The van der Waals surface area contributed by atoms with E-state index in [4.69, 9.17) is 24.3 Å². The van der Waals surface area contributed by atoms with Gasteiger partial charge in [-0.2, -0.15) is 0 Å². The van der Waals surface area contributed by atoms with Crippen molar-refractivity contribution in [2.75, 3.05) is 0 Å². The number of hydrogen-bond donors (Lipinski definition) is 1. The van der Waals surface area contributed by atoms with Crippen LogP contribution in [0.1, 0.15) is 41.8 Å². The van der Waals surface area contributed by atoms with Crippen molar-refractivity contribution < 1.29 is 24.2 Å². The number of carboxylic acid groups (broad SMARTS) is 1. The first-order valence-electron chi connectivity index (χ1n) is 15.9. The number of aromatic nitrogens is 2. The molecule has 8 heteroatoms. The molecule has 1 aliphatic heterocycles. The Kier molecular flexibility index (Phi) is 7.52. The number of nitrogens with zero attached hydrogens (tertiary/aromatic N) is 3. The molecule has 8 rings (SSSR count). The standard InChI is InChI=1S/C39H33N3O5/c43-38(44)37-42(47-37)32-21-22-39(23-32,28-11-17-33(18-12-28)45-24-30-15-9-26-5-1-3-7-35(26)40-30)29-13-19-34(20-14-29)46-25-31-16-10-27-6-2-4-8-36(27)41-31/h1-20,32,37H,21-25H2,(H,43,44). The van der Waals surface area contributed by atoms with Gasteiger partial charge in [-0.05, 0) is 78.9 Å². The number of aliphatic carboxylic acids is 1. The van der Waals surface area contributed by atoms with E-state index in [1.807, 2.05) is 84.9 Å². The quantitative estimate of drug-likeness (QED) is 0.157. The summed E-state index contributed by atoms with van der Waals surface area (Å²) in [7, 11) is 0. The molecular weight excluding hydrogens is 590 g/mol. The first-order chi connectivity index (χ1) is 23.0. The topological polar surface area (TPSA) is 97.1 Å². The molecule has 1 saturated carbocycles. The number of hydroxylamine groups is 2. The van der Waals surface area contributed by atoms with E-state index in [2.05, 4.69) is 36.4 Å². The van der Waals surface area contributed by atoms with Crippen molar-refractivity contribution in [1.29, 1.82) is 0 Å². The van der Waals surface area contributed by atoms with E-state index in [1.165, 1.54) is 0 Å². The molecule has 6 aromatic rings. The van der Waals surface area contributed by atoms with Crippen molar-refractivity contribution in [3.05, 3.63) is 144 Å². The SMILES string of the molecule is O=C(O)C1ON1C1CCC(c2ccc(OCc3ccc4ccccc4n3)cc2)(c2ccc(OCc3ccc4ccccc4n3)cc2)C1. The number of benzene rings is 4. The predicted octanol–water partition coefficient (Wildman–Crippen LogP) is 7.44. The first kappa shape index (κ1) is 29.1. The smallest absolute Gasteiger partial charge is 0.352 e. The molecule has 8 nitrogen and oxygen atoms in total. The van der Waals surface area contributed by atoms with Crippen LogP contribution in [-0.4, -0.2) is 38.4 Å². The Balaban J connectivity index is 1.00. The zero-order valence-corrected chi connectivity index (χ0v) is 25.7. The molecular formula is C39H33N3O5. The van der Waals surface area contributed by atoms with Crippen LogP contribution in [-0.2, 0) is 28.3 Å². The summed E-state index contributed by atoms with van der Waals surface area (Å²) in [6, 6.07) is 40.7. The molecule has 4 aromatic carbocycles. The lowest BCUT2D eigenvalue weighted by Crippen LogP contribution is -2.28. The minimum atomic E-state index is -0.952. The molecule has 0 amide bonds. The third-order valence-electron chi connectivity index (χ3n) is 9.37. The van der Waals surface area contributed by atoms with Gasteiger partial charge in [0.1, 0.15) is 24.7 Å². The second-order valence-electron chi connectivity index (χ2n) is 12.3. The Labute approximate surface area is 272 Å². The highest BCUT2D eigenvalue weighted by atomic mass is 16.8. The van der Waals surface area contributed by atoms with Crippen LogP contribution < -0.4 is 9.47 Å². The van der Waals surface area contributed by atoms with Crippen LogP contribution in [0.25, 0.3) is 21.8 Å².